The first-order chi connectivity index (χ1) is 8.28. The van der Waals surface area contributed by atoms with Crippen molar-refractivity contribution in [2.75, 3.05) is 0 Å². The van der Waals surface area contributed by atoms with E-state index in [9.17, 15) is 9.50 Å². The third-order valence-electron chi connectivity index (χ3n) is 3.86. The van der Waals surface area contributed by atoms with Gasteiger partial charge in [-0.05, 0) is 48.3 Å². The summed E-state index contributed by atoms with van der Waals surface area (Å²) in [6.45, 7) is 6.61. The largest absolute Gasteiger partial charge is 0.390 e. The van der Waals surface area contributed by atoms with E-state index in [-0.39, 0.29) is 11.2 Å². The van der Waals surface area contributed by atoms with Crippen molar-refractivity contribution >= 4 is 0 Å². The average molecular weight is 250 g/mol. The third-order valence-corrected chi connectivity index (χ3v) is 3.86. The standard InChI is InChI=1S/C16H23FO/c1-12-8-15(2,3)11-16(18,9-12)10-13-5-4-6-14(17)7-13/h4-7,12,18H,8-11H2,1-3H3. The third kappa shape index (κ3) is 3.32. The topological polar surface area (TPSA) is 20.2 Å². The molecule has 0 radical (unpaired) electrons. The number of rotatable bonds is 2. The van der Waals surface area contributed by atoms with Gasteiger partial charge in [-0.15, -0.1) is 0 Å². The van der Waals surface area contributed by atoms with Gasteiger partial charge in [-0.1, -0.05) is 32.9 Å². The molecule has 1 N–H and O–H groups in total. The Morgan fingerprint density at radius 3 is 2.67 bits per heavy atom. The Kier molecular flexibility index (Phi) is 3.50. The maximum atomic E-state index is 13.2. The van der Waals surface area contributed by atoms with E-state index in [0.717, 1.165) is 24.8 Å². The second-order valence-electron chi connectivity index (χ2n) is 6.89. The molecule has 0 spiro atoms. The molecule has 0 aromatic heterocycles. The highest BCUT2D eigenvalue weighted by molar-refractivity contribution is 5.19. The molecule has 0 aliphatic heterocycles. The highest BCUT2D eigenvalue weighted by atomic mass is 19.1. The molecule has 1 nitrogen and oxygen atoms in total. The van der Waals surface area contributed by atoms with Crippen LogP contribution in [0.3, 0.4) is 0 Å². The van der Waals surface area contributed by atoms with Gasteiger partial charge in [0.05, 0.1) is 5.60 Å². The molecule has 2 atom stereocenters. The molecule has 0 heterocycles. The van der Waals surface area contributed by atoms with Crippen molar-refractivity contribution in [3.8, 4) is 0 Å². The molecule has 2 rings (SSSR count). The summed E-state index contributed by atoms with van der Waals surface area (Å²) in [7, 11) is 0. The lowest BCUT2D eigenvalue weighted by atomic mass is 9.64. The first kappa shape index (κ1) is 13.5. The first-order valence-corrected chi connectivity index (χ1v) is 6.75. The normalized spacial score (nSPS) is 31.3. The lowest BCUT2D eigenvalue weighted by molar-refractivity contribution is -0.0574. The van der Waals surface area contributed by atoms with Crippen molar-refractivity contribution in [1.82, 2.24) is 0 Å². The molecule has 1 aromatic carbocycles. The van der Waals surface area contributed by atoms with E-state index in [0.29, 0.717) is 12.3 Å². The Morgan fingerprint density at radius 2 is 2.06 bits per heavy atom. The van der Waals surface area contributed by atoms with Crippen molar-refractivity contribution in [3.05, 3.63) is 35.6 Å². The van der Waals surface area contributed by atoms with Gasteiger partial charge in [0.1, 0.15) is 5.82 Å². The lowest BCUT2D eigenvalue weighted by Gasteiger charge is -2.44. The number of hydrogen-bond acceptors (Lipinski definition) is 1. The van der Waals surface area contributed by atoms with Gasteiger partial charge in [0.2, 0.25) is 0 Å². The monoisotopic (exact) mass is 250 g/mol. The summed E-state index contributed by atoms with van der Waals surface area (Å²) < 4.78 is 13.2. The van der Waals surface area contributed by atoms with E-state index in [4.69, 9.17) is 0 Å². The molecule has 18 heavy (non-hydrogen) atoms. The summed E-state index contributed by atoms with van der Waals surface area (Å²) in [5, 5.41) is 10.8. The fourth-order valence-electron chi connectivity index (χ4n) is 3.86. The fraction of sp³-hybridized carbons (Fsp3) is 0.625. The first-order valence-electron chi connectivity index (χ1n) is 6.75. The van der Waals surface area contributed by atoms with Crippen LogP contribution < -0.4 is 0 Å². The highest BCUT2D eigenvalue weighted by Crippen LogP contribution is 2.45. The molecule has 0 amide bonds. The lowest BCUT2D eigenvalue weighted by Crippen LogP contribution is -2.43. The van der Waals surface area contributed by atoms with Crippen LogP contribution in [0.5, 0.6) is 0 Å². The summed E-state index contributed by atoms with van der Waals surface area (Å²) in [6, 6.07) is 6.59. The van der Waals surface area contributed by atoms with Crippen molar-refractivity contribution in [2.24, 2.45) is 11.3 Å². The van der Waals surface area contributed by atoms with Crippen LogP contribution in [0.1, 0.15) is 45.6 Å². The minimum atomic E-state index is -0.686. The summed E-state index contributed by atoms with van der Waals surface area (Å²) in [6.07, 6.45) is 3.31. The summed E-state index contributed by atoms with van der Waals surface area (Å²) in [5.74, 6) is 0.298. The number of aliphatic hydroxyl groups is 1. The molecule has 0 bridgehead atoms. The van der Waals surface area contributed by atoms with Crippen LogP contribution >= 0.6 is 0 Å². The minimum Gasteiger partial charge on any atom is -0.390 e. The highest BCUT2D eigenvalue weighted by Gasteiger charge is 2.41. The zero-order valence-electron chi connectivity index (χ0n) is 11.5. The Bertz CT molecular complexity index is 427. The van der Waals surface area contributed by atoms with Crippen LogP contribution in [0.4, 0.5) is 4.39 Å². The van der Waals surface area contributed by atoms with Gasteiger partial charge in [0, 0.05) is 6.42 Å². The average Bonchev–Trinajstić information content (AvgIpc) is 2.11. The second kappa shape index (κ2) is 4.65. The van der Waals surface area contributed by atoms with Crippen molar-refractivity contribution in [3.63, 3.8) is 0 Å². The Hall–Kier alpha value is -0.890. The number of benzene rings is 1. The molecular weight excluding hydrogens is 227 g/mol. The van der Waals surface area contributed by atoms with E-state index in [1.165, 1.54) is 12.1 Å². The molecule has 100 valence electrons. The molecule has 2 unspecified atom stereocenters. The maximum absolute atomic E-state index is 13.2. The van der Waals surface area contributed by atoms with Gasteiger partial charge in [-0.2, -0.15) is 0 Å². The SMILES string of the molecule is CC1CC(C)(C)CC(O)(Cc2cccc(F)c2)C1. The van der Waals surface area contributed by atoms with Crippen LogP contribution in [0.2, 0.25) is 0 Å². The molecule has 1 saturated carbocycles. The van der Waals surface area contributed by atoms with Gasteiger partial charge < -0.3 is 5.11 Å². The number of halogens is 1. The summed E-state index contributed by atoms with van der Waals surface area (Å²) in [4.78, 5) is 0. The summed E-state index contributed by atoms with van der Waals surface area (Å²) >= 11 is 0. The van der Waals surface area contributed by atoms with Crippen LogP contribution in [0.15, 0.2) is 24.3 Å². The Labute approximate surface area is 109 Å². The zero-order valence-corrected chi connectivity index (χ0v) is 11.5. The predicted molar refractivity (Wildman–Crippen MR) is 71.8 cm³/mol. The second-order valence-corrected chi connectivity index (χ2v) is 6.89. The molecule has 1 aromatic rings. The Morgan fingerprint density at radius 1 is 1.33 bits per heavy atom. The minimum absolute atomic E-state index is 0.166. The molecule has 1 aliphatic rings. The van der Waals surface area contributed by atoms with E-state index >= 15 is 0 Å². The maximum Gasteiger partial charge on any atom is 0.123 e. The van der Waals surface area contributed by atoms with E-state index in [1.54, 1.807) is 6.07 Å². The molecule has 1 fully saturated rings. The quantitative estimate of drug-likeness (QED) is 0.842. The van der Waals surface area contributed by atoms with E-state index in [1.807, 2.05) is 6.07 Å². The Balaban J connectivity index is 2.16. The van der Waals surface area contributed by atoms with Crippen LogP contribution in [0, 0.1) is 17.2 Å². The predicted octanol–water partition coefficient (Wildman–Crippen LogP) is 3.95. The smallest absolute Gasteiger partial charge is 0.123 e. The van der Waals surface area contributed by atoms with Gasteiger partial charge in [0.25, 0.3) is 0 Å². The van der Waals surface area contributed by atoms with Crippen LogP contribution in [0.25, 0.3) is 0 Å². The van der Waals surface area contributed by atoms with E-state index in [2.05, 4.69) is 20.8 Å². The van der Waals surface area contributed by atoms with Gasteiger partial charge >= 0.3 is 0 Å². The van der Waals surface area contributed by atoms with E-state index < -0.39 is 5.60 Å². The van der Waals surface area contributed by atoms with Gasteiger partial charge in [0.15, 0.2) is 0 Å². The van der Waals surface area contributed by atoms with Crippen molar-refractivity contribution in [1.29, 1.82) is 0 Å². The number of hydrogen-bond donors (Lipinski definition) is 1. The fourth-order valence-corrected chi connectivity index (χ4v) is 3.86. The molecular formula is C16H23FO. The van der Waals surface area contributed by atoms with Gasteiger partial charge in [-0.25, -0.2) is 4.39 Å². The van der Waals surface area contributed by atoms with Crippen LogP contribution in [-0.4, -0.2) is 10.7 Å². The van der Waals surface area contributed by atoms with Gasteiger partial charge in [-0.3, -0.25) is 0 Å². The van der Waals surface area contributed by atoms with Crippen molar-refractivity contribution in [2.45, 2.75) is 52.1 Å². The van der Waals surface area contributed by atoms with Crippen LogP contribution in [-0.2, 0) is 6.42 Å². The van der Waals surface area contributed by atoms with Crippen molar-refractivity contribution < 1.29 is 9.50 Å². The molecule has 1 aliphatic carbocycles. The molecule has 2 heteroatoms. The zero-order chi connectivity index (χ0) is 13.4. The summed E-state index contributed by atoms with van der Waals surface area (Å²) in [5.41, 5.74) is 0.372. The molecule has 0 saturated heterocycles.